The average molecular weight is 788 g/mol. The lowest BCUT2D eigenvalue weighted by Gasteiger charge is -2.32. The van der Waals surface area contributed by atoms with Gasteiger partial charge in [-0.15, -0.1) is 0 Å². The average Bonchev–Trinajstić information content (AvgIpc) is 3.12. The van der Waals surface area contributed by atoms with Crippen LogP contribution in [0.25, 0.3) is 11.1 Å². The van der Waals surface area contributed by atoms with Crippen LogP contribution in [-0.4, -0.2) is 53.5 Å². The quantitative estimate of drug-likeness (QED) is 0.151. The van der Waals surface area contributed by atoms with Crippen molar-refractivity contribution < 1.29 is 49.8 Å². The number of rotatable bonds is 7. The number of nitrogens with one attached hydrogen (secondary N) is 1. The number of hydrogen-bond donors (Lipinski definition) is 1. The first kappa shape index (κ1) is 40.5. The molecule has 298 valence electrons. The number of alkyl halides is 5. The number of pyridine rings is 1. The van der Waals surface area contributed by atoms with E-state index in [-0.39, 0.29) is 50.4 Å². The third-order valence-corrected chi connectivity index (χ3v) is 10.2. The number of hydrogen-bond acceptors (Lipinski definition) is 6. The van der Waals surface area contributed by atoms with Crippen LogP contribution in [0.15, 0.2) is 65.6 Å². The number of halogens is 7. The molecule has 1 aromatic heterocycles. The molecule has 0 unspecified atom stereocenters. The summed E-state index contributed by atoms with van der Waals surface area (Å²) in [4.78, 5) is 42.9. The van der Waals surface area contributed by atoms with E-state index in [0.29, 0.717) is 33.1 Å². The van der Waals surface area contributed by atoms with Gasteiger partial charge in [0.2, 0.25) is 5.91 Å². The largest absolute Gasteiger partial charge is 0.488 e. The Morgan fingerprint density at radius 3 is 2.41 bits per heavy atom. The second-order valence-corrected chi connectivity index (χ2v) is 14.2. The molecule has 2 atom stereocenters. The van der Waals surface area contributed by atoms with Crippen molar-refractivity contribution in [3.8, 4) is 16.9 Å². The summed E-state index contributed by atoms with van der Waals surface area (Å²) in [5.74, 6) is -6.24. The molecule has 4 bridgehead atoms. The molecule has 15 heteroatoms. The zero-order valence-electron chi connectivity index (χ0n) is 30.9. The van der Waals surface area contributed by atoms with Crippen LogP contribution in [0.3, 0.4) is 0 Å². The maximum Gasteiger partial charge on any atom is 0.416 e. The number of carbonyl (C=O) groups excluding carboxylic acids is 2. The Bertz CT molecular complexity index is 2190. The van der Waals surface area contributed by atoms with E-state index in [9.17, 15) is 36.3 Å². The molecule has 0 aliphatic carbocycles. The number of benzene rings is 3. The van der Waals surface area contributed by atoms with Crippen LogP contribution >= 0.6 is 0 Å². The van der Waals surface area contributed by atoms with Gasteiger partial charge < -0.3 is 19.7 Å². The summed E-state index contributed by atoms with van der Waals surface area (Å²) >= 11 is 0. The Hall–Kier alpha value is -5.18. The topological polar surface area (TPSA) is 89.9 Å². The van der Waals surface area contributed by atoms with Crippen LogP contribution in [0.5, 0.6) is 5.75 Å². The van der Waals surface area contributed by atoms with Gasteiger partial charge in [0.05, 0.1) is 24.6 Å². The van der Waals surface area contributed by atoms with Gasteiger partial charge in [-0.05, 0) is 85.3 Å². The minimum Gasteiger partial charge on any atom is -0.488 e. The van der Waals surface area contributed by atoms with Gasteiger partial charge in [-0.2, -0.15) is 13.2 Å². The number of fused-ring (bicyclic) bond motifs is 6. The lowest BCUT2D eigenvalue weighted by atomic mass is 9.91. The molecule has 4 aromatic rings. The van der Waals surface area contributed by atoms with Crippen LogP contribution < -0.4 is 15.6 Å². The van der Waals surface area contributed by atoms with Gasteiger partial charge in [-0.1, -0.05) is 18.2 Å². The number of ether oxygens (including phenoxy) is 2. The Morgan fingerprint density at radius 2 is 1.71 bits per heavy atom. The highest BCUT2D eigenvalue weighted by Gasteiger charge is 2.38. The standard InChI is InChI=1S/C41H40F7N3O5/c1-4-55-35(53)20-32-29-18-27(16-24(3)37(29)43)36-23(2)6-5-7-33(36)56-22-25-8-9-31(42)28(17-25)38(39(54)49-32)51-21-26(30(19-34(51)52)41(46,47)48)10-13-50-14-11-40(44,45)12-15-50/h5-9,16-19,21,32,38H,4,10-15,20,22H2,1-3H3,(H,49,54)/t32-,38-/m0/s1. The molecule has 1 amide bonds. The summed E-state index contributed by atoms with van der Waals surface area (Å²) in [5, 5.41) is 2.60. The van der Waals surface area contributed by atoms with Crippen LogP contribution in [0.4, 0.5) is 30.7 Å². The fourth-order valence-corrected chi connectivity index (χ4v) is 7.31. The van der Waals surface area contributed by atoms with Gasteiger partial charge >= 0.3 is 12.1 Å². The van der Waals surface area contributed by atoms with E-state index in [1.807, 2.05) is 13.0 Å². The van der Waals surface area contributed by atoms with Crippen molar-refractivity contribution in [2.45, 2.75) is 77.2 Å². The summed E-state index contributed by atoms with van der Waals surface area (Å²) in [6.07, 6.45) is -6.09. The number of nitrogens with zero attached hydrogens (tertiary/aromatic N) is 2. The maximum absolute atomic E-state index is 16.2. The second-order valence-electron chi connectivity index (χ2n) is 14.2. The summed E-state index contributed by atoms with van der Waals surface area (Å²) < 4.78 is 115. The van der Waals surface area contributed by atoms with Gasteiger partial charge in [0.1, 0.15) is 30.0 Å². The third-order valence-electron chi connectivity index (χ3n) is 10.2. The van der Waals surface area contributed by atoms with Crippen LogP contribution in [0.2, 0.25) is 0 Å². The number of amides is 1. The molecule has 0 saturated carbocycles. The molecule has 2 aliphatic rings. The molecule has 0 spiro atoms. The summed E-state index contributed by atoms with van der Waals surface area (Å²) in [6, 6.07) is 8.83. The minimum atomic E-state index is -5.02. The SMILES string of the molecule is CCOC(=O)C[C@@H]1NC(=O)[C@@H](n2cc(CCN3CCC(F)(F)CC3)c(C(F)(F)F)cc2=O)c2cc(ccc2F)COc2cccc(C)c2-c2cc(C)c(F)c1c2. The number of carbonyl (C=O) groups is 2. The fraction of sp³-hybridized carbons (Fsp3) is 0.390. The molecule has 56 heavy (non-hydrogen) atoms. The summed E-state index contributed by atoms with van der Waals surface area (Å²) in [6.45, 7) is 4.44. The van der Waals surface area contributed by atoms with E-state index in [0.717, 1.165) is 17.8 Å². The van der Waals surface area contributed by atoms with Gasteiger partial charge in [0, 0.05) is 61.4 Å². The first-order valence-corrected chi connectivity index (χ1v) is 18.2. The zero-order valence-corrected chi connectivity index (χ0v) is 30.9. The lowest BCUT2D eigenvalue weighted by Crippen LogP contribution is -2.42. The molecular formula is C41H40F7N3O5. The van der Waals surface area contributed by atoms with E-state index in [2.05, 4.69) is 5.32 Å². The third kappa shape index (κ3) is 8.77. The van der Waals surface area contributed by atoms with Crippen LogP contribution in [-0.2, 0) is 33.5 Å². The minimum absolute atomic E-state index is 0.0465. The zero-order chi connectivity index (χ0) is 40.5. The Kier molecular flexibility index (Phi) is 11.7. The van der Waals surface area contributed by atoms with E-state index < -0.39 is 89.2 Å². The maximum atomic E-state index is 16.2. The van der Waals surface area contributed by atoms with Crippen molar-refractivity contribution in [3.05, 3.63) is 122 Å². The van der Waals surface area contributed by atoms with Crippen molar-refractivity contribution >= 4 is 11.9 Å². The fourth-order valence-electron chi connectivity index (χ4n) is 7.31. The normalized spacial score (nSPS) is 18.6. The van der Waals surface area contributed by atoms with Crippen molar-refractivity contribution in [2.75, 3.05) is 26.2 Å². The second kappa shape index (κ2) is 16.1. The number of aromatic nitrogens is 1. The van der Waals surface area contributed by atoms with Crippen molar-refractivity contribution in [1.82, 2.24) is 14.8 Å². The van der Waals surface area contributed by atoms with Crippen molar-refractivity contribution in [2.24, 2.45) is 0 Å². The van der Waals surface area contributed by atoms with E-state index >= 15 is 8.78 Å². The molecule has 2 aliphatic heterocycles. The Balaban J connectivity index is 1.53. The lowest BCUT2D eigenvalue weighted by molar-refractivity contribution is -0.144. The smallest absolute Gasteiger partial charge is 0.416 e. The van der Waals surface area contributed by atoms with Crippen molar-refractivity contribution in [1.29, 1.82) is 0 Å². The number of aryl methyl sites for hydroxylation is 2. The molecular weight excluding hydrogens is 747 g/mol. The predicted octanol–water partition coefficient (Wildman–Crippen LogP) is 8.00. The first-order chi connectivity index (χ1) is 26.5. The molecule has 1 N–H and O–H groups in total. The van der Waals surface area contributed by atoms with E-state index in [1.54, 1.807) is 30.0 Å². The van der Waals surface area contributed by atoms with Crippen LogP contribution in [0, 0.1) is 25.5 Å². The molecule has 3 heterocycles. The summed E-state index contributed by atoms with van der Waals surface area (Å²) in [5.41, 5.74) is -1.28. The molecule has 0 radical (unpaired) electrons. The highest BCUT2D eigenvalue weighted by atomic mass is 19.4. The Labute approximate surface area is 318 Å². The van der Waals surface area contributed by atoms with Gasteiger partial charge in [-0.3, -0.25) is 19.0 Å². The highest BCUT2D eigenvalue weighted by molar-refractivity contribution is 5.85. The van der Waals surface area contributed by atoms with E-state index in [4.69, 9.17) is 9.47 Å². The molecule has 3 aromatic carbocycles. The molecule has 6 rings (SSSR count). The van der Waals surface area contributed by atoms with Gasteiger partial charge in [0.25, 0.3) is 11.5 Å². The molecule has 8 nitrogen and oxygen atoms in total. The highest BCUT2D eigenvalue weighted by Crippen LogP contribution is 2.39. The van der Waals surface area contributed by atoms with Crippen molar-refractivity contribution in [3.63, 3.8) is 0 Å². The molecule has 1 fully saturated rings. The number of esters is 1. The Morgan fingerprint density at radius 1 is 0.982 bits per heavy atom. The van der Waals surface area contributed by atoms with Gasteiger partial charge in [0.15, 0.2) is 0 Å². The molecule has 1 saturated heterocycles. The number of piperidine rings is 1. The summed E-state index contributed by atoms with van der Waals surface area (Å²) in [7, 11) is 0. The van der Waals surface area contributed by atoms with Gasteiger partial charge in [-0.25, -0.2) is 17.6 Å². The monoisotopic (exact) mass is 787 g/mol. The van der Waals surface area contributed by atoms with Crippen LogP contribution in [0.1, 0.15) is 77.2 Å². The first-order valence-electron chi connectivity index (χ1n) is 18.2. The van der Waals surface area contributed by atoms with E-state index in [1.165, 1.54) is 25.1 Å². The predicted molar refractivity (Wildman–Crippen MR) is 192 cm³/mol. The number of likely N-dealkylation sites (tertiary alicyclic amines) is 1.